The molecule has 1 amide bonds. The number of hydrogen-bond acceptors (Lipinski definition) is 3. The second-order valence-electron chi connectivity index (χ2n) is 6.48. The summed E-state index contributed by atoms with van der Waals surface area (Å²) in [5.41, 5.74) is 1.97. The van der Waals surface area contributed by atoms with Crippen LogP contribution in [0.25, 0.3) is 6.08 Å². The van der Waals surface area contributed by atoms with Crippen molar-refractivity contribution in [3.8, 4) is 11.8 Å². The summed E-state index contributed by atoms with van der Waals surface area (Å²) in [6.45, 7) is 0.274. The van der Waals surface area contributed by atoms with Gasteiger partial charge in [-0.25, -0.2) is 0 Å². The van der Waals surface area contributed by atoms with Gasteiger partial charge in [0.2, 0.25) is 0 Å². The highest BCUT2D eigenvalue weighted by molar-refractivity contribution is 9.11. The molecule has 0 spiro atoms. The molecule has 0 aromatic heterocycles. The van der Waals surface area contributed by atoms with E-state index in [1.807, 2.05) is 12.1 Å². The Morgan fingerprint density at radius 2 is 1.66 bits per heavy atom. The lowest BCUT2D eigenvalue weighted by Crippen LogP contribution is -2.13. The summed E-state index contributed by atoms with van der Waals surface area (Å²) in [6, 6.07) is 17.3. The number of nitriles is 1. The van der Waals surface area contributed by atoms with Gasteiger partial charge in [-0.1, -0.05) is 40.9 Å². The van der Waals surface area contributed by atoms with E-state index in [-0.39, 0.29) is 12.2 Å². The van der Waals surface area contributed by atoms with Crippen LogP contribution in [0.15, 0.2) is 69.1 Å². The molecule has 0 radical (unpaired) electrons. The van der Waals surface area contributed by atoms with Crippen LogP contribution in [-0.4, -0.2) is 5.91 Å². The number of carbonyl (C=O) groups excluding carboxylic acids is 1. The van der Waals surface area contributed by atoms with Gasteiger partial charge in [0.1, 0.15) is 24.0 Å². The van der Waals surface area contributed by atoms with E-state index in [1.165, 1.54) is 6.08 Å². The van der Waals surface area contributed by atoms with Gasteiger partial charge in [0.05, 0.1) is 19.0 Å². The fourth-order valence-corrected chi connectivity index (χ4v) is 4.53. The van der Waals surface area contributed by atoms with Crippen LogP contribution in [0.1, 0.15) is 11.1 Å². The molecule has 0 saturated heterocycles. The molecule has 4 nitrogen and oxygen atoms in total. The van der Waals surface area contributed by atoms with E-state index in [0.717, 1.165) is 5.56 Å². The van der Waals surface area contributed by atoms with Crippen molar-refractivity contribution >= 4 is 84.3 Å². The standard InChI is InChI=1S/C23H13Br2Cl3N2O2/c24-18-8-14(7-15(11-29)23(31)30-17-4-2-16(26)3-5-17)9-19(25)22(18)32-12-13-1-6-20(27)21(28)10-13/h1-10H,12H2,(H,30,31)/b15-7-. The highest BCUT2D eigenvalue weighted by Crippen LogP contribution is 2.36. The summed E-state index contributed by atoms with van der Waals surface area (Å²) in [5.74, 6) is 0.0411. The Hall–Kier alpha value is -2.01. The highest BCUT2D eigenvalue weighted by Gasteiger charge is 2.13. The molecule has 32 heavy (non-hydrogen) atoms. The van der Waals surface area contributed by atoms with E-state index in [9.17, 15) is 10.1 Å². The molecule has 162 valence electrons. The van der Waals surface area contributed by atoms with Crippen molar-refractivity contribution in [3.05, 3.63) is 95.3 Å². The van der Waals surface area contributed by atoms with Crippen molar-refractivity contribution in [1.82, 2.24) is 0 Å². The molecule has 1 N–H and O–H groups in total. The Morgan fingerprint density at radius 3 is 2.25 bits per heavy atom. The van der Waals surface area contributed by atoms with Crippen LogP contribution in [0.5, 0.6) is 5.75 Å². The van der Waals surface area contributed by atoms with Crippen molar-refractivity contribution in [2.24, 2.45) is 0 Å². The highest BCUT2D eigenvalue weighted by atomic mass is 79.9. The third-order valence-electron chi connectivity index (χ3n) is 4.17. The van der Waals surface area contributed by atoms with Crippen molar-refractivity contribution < 1.29 is 9.53 Å². The summed E-state index contributed by atoms with van der Waals surface area (Å²) in [5, 5.41) is 13.6. The molecule has 0 atom stereocenters. The fourth-order valence-electron chi connectivity index (χ4n) is 2.63. The molecule has 0 heterocycles. The zero-order chi connectivity index (χ0) is 23.3. The van der Waals surface area contributed by atoms with Gasteiger partial charge in [-0.2, -0.15) is 5.26 Å². The molecule has 3 rings (SSSR count). The van der Waals surface area contributed by atoms with Crippen molar-refractivity contribution in [2.45, 2.75) is 6.61 Å². The molecule has 0 unspecified atom stereocenters. The molecule has 0 fully saturated rings. The second kappa shape index (κ2) is 11.2. The minimum absolute atomic E-state index is 0.0526. The zero-order valence-electron chi connectivity index (χ0n) is 16.1. The van der Waals surface area contributed by atoms with Gasteiger partial charge in [0.15, 0.2) is 0 Å². The largest absolute Gasteiger partial charge is 0.487 e. The number of rotatable bonds is 6. The Bertz CT molecular complexity index is 1220. The number of nitrogens with one attached hydrogen (secondary N) is 1. The van der Waals surface area contributed by atoms with E-state index >= 15 is 0 Å². The Kier molecular flexibility index (Phi) is 8.64. The number of carbonyl (C=O) groups is 1. The number of ether oxygens (including phenoxy) is 1. The van der Waals surface area contributed by atoms with Crippen molar-refractivity contribution in [3.63, 3.8) is 0 Å². The van der Waals surface area contributed by atoms with Gasteiger partial charge in [0, 0.05) is 10.7 Å². The van der Waals surface area contributed by atoms with E-state index < -0.39 is 5.91 Å². The van der Waals surface area contributed by atoms with Crippen LogP contribution in [-0.2, 0) is 11.4 Å². The molecule has 0 aliphatic rings. The summed E-state index contributed by atoms with van der Waals surface area (Å²) < 4.78 is 7.19. The summed E-state index contributed by atoms with van der Waals surface area (Å²) in [6.07, 6.45) is 1.49. The maximum atomic E-state index is 12.5. The van der Waals surface area contributed by atoms with E-state index in [1.54, 1.807) is 48.5 Å². The van der Waals surface area contributed by atoms with Crippen molar-refractivity contribution in [1.29, 1.82) is 5.26 Å². The van der Waals surface area contributed by atoms with Crippen LogP contribution >= 0.6 is 66.7 Å². The third kappa shape index (κ3) is 6.50. The first-order chi connectivity index (χ1) is 15.3. The van der Waals surface area contributed by atoms with Gasteiger partial charge in [-0.05, 0) is 97.6 Å². The molecule has 3 aromatic carbocycles. The number of amides is 1. The number of benzene rings is 3. The first kappa shape index (κ1) is 24.6. The first-order valence-corrected chi connectivity index (χ1v) is 11.7. The summed E-state index contributed by atoms with van der Waals surface area (Å²) >= 11 is 24.8. The average molecular weight is 616 g/mol. The van der Waals surface area contributed by atoms with Gasteiger partial charge in [0.25, 0.3) is 5.91 Å². The summed E-state index contributed by atoms with van der Waals surface area (Å²) in [7, 11) is 0. The average Bonchev–Trinajstić information content (AvgIpc) is 2.75. The normalized spacial score (nSPS) is 11.1. The zero-order valence-corrected chi connectivity index (χ0v) is 21.6. The molecule has 9 heteroatoms. The molecule has 0 bridgehead atoms. The lowest BCUT2D eigenvalue weighted by Gasteiger charge is -2.12. The third-order valence-corrected chi connectivity index (χ3v) is 6.34. The first-order valence-electron chi connectivity index (χ1n) is 9.01. The minimum Gasteiger partial charge on any atom is -0.487 e. The Morgan fingerprint density at radius 1 is 1.00 bits per heavy atom. The molecule has 3 aromatic rings. The number of nitrogens with zero attached hydrogens (tertiary/aromatic N) is 1. The van der Waals surface area contributed by atoms with Gasteiger partial charge in [-0.15, -0.1) is 0 Å². The molecular formula is C23H13Br2Cl3N2O2. The van der Waals surface area contributed by atoms with Crippen LogP contribution in [0, 0.1) is 11.3 Å². The number of halogens is 5. The molecular weight excluding hydrogens is 602 g/mol. The second-order valence-corrected chi connectivity index (χ2v) is 9.44. The number of hydrogen-bond donors (Lipinski definition) is 1. The quantitative estimate of drug-likeness (QED) is 0.224. The van der Waals surface area contributed by atoms with Gasteiger partial charge >= 0.3 is 0 Å². The lowest BCUT2D eigenvalue weighted by molar-refractivity contribution is -0.112. The Labute approximate surface area is 217 Å². The van der Waals surface area contributed by atoms with E-state index in [2.05, 4.69) is 37.2 Å². The van der Waals surface area contributed by atoms with Crippen LogP contribution in [0.3, 0.4) is 0 Å². The maximum absolute atomic E-state index is 12.5. The predicted molar refractivity (Wildman–Crippen MR) is 136 cm³/mol. The topological polar surface area (TPSA) is 62.1 Å². The van der Waals surface area contributed by atoms with E-state index in [4.69, 9.17) is 39.5 Å². The Balaban J connectivity index is 1.76. The minimum atomic E-state index is -0.526. The SMILES string of the molecule is N#C/C(=C/c1cc(Br)c(OCc2ccc(Cl)c(Cl)c2)c(Br)c1)C(=O)Nc1ccc(Cl)cc1. The van der Waals surface area contributed by atoms with Crippen LogP contribution in [0.2, 0.25) is 15.1 Å². The maximum Gasteiger partial charge on any atom is 0.266 e. The fraction of sp³-hybridized carbons (Fsp3) is 0.0435. The van der Waals surface area contributed by atoms with Gasteiger partial charge < -0.3 is 10.1 Å². The number of anilines is 1. The monoisotopic (exact) mass is 612 g/mol. The van der Waals surface area contributed by atoms with Gasteiger partial charge in [-0.3, -0.25) is 4.79 Å². The smallest absolute Gasteiger partial charge is 0.266 e. The lowest BCUT2D eigenvalue weighted by atomic mass is 10.1. The summed E-state index contributed by atoms with van der Waals surface area (Å²) in [4.78, 5) is 12.5. The van der Waals surface area contributed by atoms with E-state index in [0.29, 0.717) is 41.0 Å². The molecule has 0 aliphatic heterocycles. The van der Waals surface area contributed by atoms with Crippen LogP contribution in [0.4, 0.5) is 5.69 Å². The van der Waals surface area contributed by atoms with Crippen molar-refractivity contribution in [2.75, 3.05) is 5.32 Å². The van der Waals surface area contributed by atoms with Crippen LogP contribution < -0.4 is 10.1 Å². The molecule has 0 aliphatic carbocycles. The predicted octanol–water partition coefficient (Wildman–Crippen LogP) is 8.30. The molecule has 0 saturated carbocycles.